The molecular formula is C4H8N2OS. The van der Waals surface area contributed by atoms with E-state index in [1.807, 2.05) is 0 Å². The molecular weight excluding hydrogens is 124 g/mol. The van der Waals surface area contributed by atoms with Crippen LogP contribution in [0.1, 0.15) is 0 Å². The first-order valence-electron chi connectivity index (χ1n) is 2.32. The lowest BCUT2D eigenvalue weighted by atomic mass is 10.1. The molecule has 0 bridgehead atoms. The average molecular weight is 132 g/mol. The molecule has 1 aliphatic heterocycles. The topological polar surface area (TPSA) is 69.1 Å². The minimum absolute atomic E-state index is 0.378. The average Bonchev–Trinajstić information content (AvgIpc) is 1.60. The summed E-state index contributed by atoms with van der Waals surface area (Å²) in [4.78, 5) is 10.4. The van der Waals surface area contributed by atoms with Gasteiger partial charge in [0.05, 0.1) is 0 Å². The van der Waals surface area contributed by atoms with Crippen molar-refractivity contribution in [3.63, 3.8) is 0 Å². The zero-order valence-electron chi connectivity index (χ0n) is 4.39. The summed E-state index contributed by atoms with van der Waals surface area (Å²) in [5.74, 6) is 0.987. The second-order valence-corrected chi connectivity index (χ2v) is 3.00. The van der Waals surface area contributed by atoms with Gasteiger partial charge in [0.1, 0.15) is 5.54 Å². The minimum atomic E-state index is -0.676. The van der Waals surface area contributed by atoms with Crippen LogP contribution in [0.3, 0.4) is 0 Å². The molecule has 1 rings (SSSR count). The second kappa shape index (κ2) is 1.63. The molecule has 4 N–H and O–H groups in total. The van der Waals surface area contributed by atoms with Gasteiger partial charge in [-0.25, -0.2) is 0 Å². The van der Waals surface area contributed by atoms with Crippen LogP contribution in [0.25, 0.3) is 0 Å². The number of amides is 1. The van der Waals surface area contributed by atoms with Gasteiger partial charge in [-0.05, 0) is 0 Å². The molecule has 3 nitrogen and oxygen atoms in total. The molecule has 0 spiro atoms. The van der Waals surface area contributed by atoms with E-state index in [0.29, 0.717) is 11.5 Å². The van der Waals surface area contributed by atoms with E-state index in [1.165, 1.54) is 0 Å². The van der Waals surface area contributed by atoms with Crippen LogP contribution in [0, 0.1) is 0 Å². The lowest BCUT2D eigenvalue weighted by molar-refractivity contribution is -0.121. The molecule has 0 aliphatic carbocycles. The van der Waals surface area contributed by atoms with Gasteiger partial charge in [0.25, 0.3) is 0 Å². The summed E-state index contributed by atoms with van der Waals surface area (Å²) >= 11 is 1.65. The molecule has 1 saturated heterocycles. The molecule has 0 saturated carbocycles. The first kappa shape index (κ1) is 5.91. The molecule has 46 valence electrons. The van der Waals surface area contributed by atoms with E-state index in [2.05, 4.69) is 0 Å². The number of hydrogen-bond donors (Lipinski definition) is 2. The molecule has 0 radical (unpaired) electrons. The third-order valence-electron chi connectivity index (χ3n) is 1.21. The first-order valence-corrected chi connectivity index (χ1v) is 3.47. The maximum atomic E-state index is 10.4. The van der Waals surface area contributed by atoms with Crippen molar-refractivity contribution in [1.29, 1.82) is 0 Å². The SMILES string of the molecule is NC(=O)C1(N)CSC1. The van der Waals surface area contributed by atoms with Crippen molar-refractivity contribution in [3.05, 3.63) is 0 Å². The van der Waals surface area contributed by atoms with Crippen LogP contribution in [0.15, 0.2) is 0 Å². The van der Waals surface area contributed by atoms with Crippen molar-refractivity contribution < 1.29 is 4.79 Å². The molecule has 1 fully saturated rings. The summed E-state index contributed by atoms with van der Waals surface area (Å²) in [5.41, 5.74) is 9.73. The summed E-state index contributed by atoms with van der Waals surface area (Å²) in [6, 6.07) is 0. The Morgan fingerprint density at radius 1 is 1.62 bits per heavy atom. The smallest absolute Gasteiger partial charge is 0.239 e. The fourth-order valence-corrected chi connectivity index (χ4v) is 1.39. The van der Waals surface area contributed by atoms with Crippen molar-refractivity contribution in [2.75, 3.05) is 11.5 Å². The van der Waals surface area contributed by atoms with Gasteiger partial charge in [0, 0.05) is 11.5 Å². The van der Waals surface area contributed by atoms with E-state index in [4.69, 9.17) is 11.5 Å². The van der Waals surface area contributed by atoms with Crippen molar-refractivity contribution in [3.8, 4) is 0 Å². The van der Waals surface area contributed by atoms with E-state index in [1.54, 1.807) is 11.8 Å². The van der Waals surface area contributed by atoms with Gasteiger partial charge in [0.15, 0.2) is 0 Å². The summed E-state index contributed by atoms with van der Waals surface area (Å²) in [5, 5.41) is 0. The number of hydrogen-bond acceptors (Lipinski definition) is 3. The Morgan fingerprint density at radius 2 is 2.12 bits per heavy atom. The zero-order valence-corrected chi connectivity index (χ0v) is 5.20. The maximum absolute atomic E-state index is 10.4. The Bertz CT molecular complexity index is 121. The Morgan fingerprint density at radius 3 is 2.12 bits per heavy atom. The van der Waals surface area contributed by atoms with Crippen molar-refractivity contribution >= 4 is 17.7 Å². The summed E-state index contributed by atoms with van der Waals surface area (Å²) < 4.78 is 0. The standard InChI is InChI=1S/C4H8N2OS/c5-3(7)4(6)1-8-2-4/h1-2,6H2,(H2,5,7). The lowest BCUT2D eigenvalue weighted by Crippen LogP contribution is -2.61. The van der Waals surface area contributed by atoms with Gasteiger partial charge >= 0.3 is 0 Å². The van der Waals surface area contributed by atoms with E-state index < -0.39 is 5.54 Å². The highest BCUT2D eigenvalue weighted by Crippen LogP contribution is 2.25. The van der Waals surface area contributed by atoms with Gasteiger partial charge in [-0.1, -0.05) is 0 Å². The van der Waals surface area contributed by atoms with E-state index >= 15 is 0 Å². The Labute approximate surface area is 51.8 Å². The van der Waals surface area contributed by atoms with Gasteiger partial charge in [-0.3, -0.25) is 4.79 Å². The van der Waals surface area contributed by atoms with Crippen LogP contribution in [0.5, 0.6) is 0 Å². The van der Waals surface area contributed by atoms with E-state index in [9.17, 15) is 4.79 Å². The van der Waals surface area contributed by atoms with Crippen LogP contribution in [-0.4, -0.2) is 23.0 Å². The number of rotatable bonds is 1. The second-order valence-electron chi connectivity index (χ2n) is 2.01. The fraction of sp³-hybridized carbons (Fsp3) is 0.750. The fourth-order valence-electron chi connectivity index (χ4n) is 0.464. The summed E-state index contributed by atoms with van der Waals surface area (Å²) in [6.07, 6.45) is 0. The Kier molecular flexibility index (Phi) is 1.21. The van der Waals surface area contributed by atoms with E-state index in [-0.39, 0.29) is 5.91 Å². The number of primary amides is 1. The van der Waals surface area contributed by atoms with E-state index in [0.717, 1.165) is 0 Å². The largest absolute Gasteiger partial charge is 0.368 e. The molecule has 0 aromatic carbocycles. The van der Waals surface area contributed by atoms with Gasteiger partial charge in [-0.2, -0.15) is 11.8 Å². The van der Waals surface area contributed by atoms with Crippen LogP contribution in [0.4, 0.5) is 0 Å². The summed E-state index contributed by atoms with van der Waals surface area (Å²) in [7, 11) is 0. The first-order chi connectivity index (χ1) is 3.65. The van der Waals surface area contributed by atoms with Gasteiger partial charge in [0.2, 0.25) is 5.91 Å². The molecule has 1 amide bonds. The number of nitrogens with two attached hydrogens (primary N) is 2. The highest BCUT2D eigenvalue weighted by molar-refractivity contribution is 8.01. The Hall–Kier alpha value is -0.220. The minimum Gasteiger partial charge on any atom is -0.368 e. The van der Waals surface area contributed by atoms with Crippen molar-refractivity contribution in [1.82, 2.24) is 0 Å². The number of carbonyl (C=O) groups is 1. The third-order valence-corrected chi connectivity index (χ3v) is 2.65. The molecule has 8 heavy (non-hydrogen) atoms. The normalized spacial score (nSPS) is 24.1. The number of carbonyl (C=O) groups excluding carboxylic acids is 1. The van der Waals surface area contributed by atoms with Crippen molar-refractivity contribution in [2.24, 2.45) is 11.5 Å². The summed E-state index contributed by atoms with van der Waals surface area (Å²) in [6.45, 7) is 0. The third kappa shape index (κ3) is 0.695. The predicted molar refractivity (Wildman–Crippen MR) is 33.4 cm³/mol. The molecule has 0 aromatic heterocycles. The molecule has 0 atom stereocenters. The maximum Gasteiger partial charge on any atom is 0.239 e. The molecule has 0 aromatic rings. The van der Waals surface area contributed by atoms with Crippen LogP contribution >= 0.6 is 11.8 Å². The van der Waals surface area contributed by atoms with Crippen LogP contribution < -0.4 is 11.5 Å². The Balaban J connectivity index is 2.53. The van der Waals surface area contributed by atoms with Crippen LogP contribution in [0.2, 0.25) is 0 Å². The lowest BCUT2D eigenvalue weighted by Gasteiger charge is -2.33. The van der Waals surface area contributed by atoms with Crippen LogP contribution in [-0.2, 0) is 4.79 Å². The molecule has 4 heteroatoms. The highest BCUT2D eigenvalue weighted by Gasteiger charge is 2.39. The van der Waals surface area contributed by atoms with Gasteiger partial charge < -0.3 is 11.5 Å². The monoisotopic (exact) mass is 132 g/mol. The molecule has 1 heterocycles. The highest BCUT2D eigenvalue weighted by atomic mass is 32.2. The van der Waals surface area contributed by atoms with Crippen molar-refractivity contribution in [2.45, 2.75) is 5.54 Å². The number of thioether (sulfide) groups is 1. The predicted octanol–water partition coefficient (Wildman–Crippen LogP) is -1.08. The molecule has 0 unspecified atom stereocenters. The zero-order chi connectivity index (χ0) is 6.20. The quantitative estimate of drug-likeness (QED) is 0.476. The van der Waals surface area contributed by atoms with Gasteiger partial charge in [-0.15, -0.1) is 0 Å². The molecule has 1 aliphatic rings.